The topological polar surface area (TPSA) is 117 Å². The van der Waals surface area contributed by atoms with Crippen LogP contribution >= 0.6 is 11.3 Å². The Labute approximate surface area is 162 Å². The maximum atomic E-state index is 6.33. The Morgan fingerprint density at radius 1 is 1.11 bits per heavy atom. The van der Waals surface area contributed by atoms with Gasteiger partial charge in [-0.05, 0) is 30.3 Å². The molecule has 0 aliphatic heterocycles. The van der Waals surface area contributed by atoms with E-state index in [1.54, 1.807) is 11.8 Å². The number of benzene rings is 2. The lowest BCUT2D eigenvalue weighted by atomic mass is 10.3. The van der Waals surface area contributed by atoms with Crippen molar-refractivity contribution in [3.63, 3.8) is 0 Å². The van der Waals surface area contributed by atoms with Crippen molar-refractivity contribution in [2.75, 3.05) is 18.2 Å². The fourth-order valence-corrected chi connectivity index (χ4v) is 3.76. The molecule has 0 bridgehead atoms. The van der Waals surface area contributed by atoms with Crippen molar-refractivity contribution < 1.29 is 4.74 Å². The average molecular weight is 390 g/mol. The van der Waals surface area contributed by atoms with Gasteiger partial charge in [0.1, 0.15) is 23.3 Å². The van der Waals surface area contributed by atoms with E-state index in [-0.39, 0.29) is 0 Å². The molecule has 0 saturated carbocycles. The van der Waals surface area contributed by atoms with Crippen LogP contribution in [0.4, 0.5) is 16.6 Å². The van der Waals surface area contributed by atoms with Gasteiger partial charge in [-0.15, -0.1) is 5.10 Å². The number of anilines is 3. The summed E-state index contributed by atoms with van der Waals surface area (Å²) in [7, 11) is 1.64. The molecule has 0 aliphatic rings. The maximum absolute atomic E-state index is 6.33. The number of nitrogens with one attached hydrogen (secondary N) is 1. The SMILES string of the molecule is COc1ccc2nc(Nc3ncnc(-n4nnc5ccccc54)c3N)sc2c1. The van der Waals surface area contributed by atoms with E-state index in [1.807, 2.05) is 42.5 Å². The van der Waals surface area contributed by atoms with Crippen LogP contribution in [0.3, 0.4) is 0 Å². The van der Waals surface area contributed by atoms with E-state index in [0.717, 1.165) is 27.0 Å². The molecule has 3 heterocycles. The van der Waals surface area contributed by atoms with E-state index in [9.17, 15) is 0 Å². The van der Waals surface area contributed by atoms with Gasteiger partial charge in [0.15, 0.2) is 16.8 Å². The Hall–Kier alpha value is -3.79. The average Bonchev–Trinajstić information content (AvgIpc) is 3.32. The van der Waals surface area contributed by atoms with Crippen LogP contribution in [0.2, 0.25) is 0 Å². The van der Waals surface area contributed by atoms with Gasteiger partial charge in [-0.2, -0.15) is 4.68 Å². The number of thiazole rings is 1. The summed E-state index contributed by atoms with van der Waals surface area (Å²) in [4.78, 5) is 13.1. The van der Waals surface area contributed by atoms with Crippen LogP contribution in [-0.2, 0) is 0 Å². The van der Waals surface area contributed by atoms with Crippen molar-refractivity contribution in [3.8, 4) is 11.6 Å². The van der Waals surface area contributed by atoms with Crippen LogP contribution in [0.1, 0.15) is 0 Å². The highest BCUT2D eigenvalue weighted by atomic mass is 32.1. The van der Waals surface area contributed by atoms with Crippen molar-refractivity contribution in [3.05, 3.63) is 48.8 Å². The normalized spacial score (nSPS) is 11.2. The Kier molecular flexibility index (Phi) is 3.76. The minimum atomic E-state index is 0.356. The number of aromatic nitrogens is 6. The molecule has 2 aromatic carbocycles. The fourth-order valence-electron chi connectivity index (χ4n) is 2.87. The number of hydrogen-bond acceptors (Lipinski definition) is 9. The quantitative estimate of drug-likeness (QED) is 0.481. The van der Waals surface area contributed by atoms with Crippen molar-refractivity contribution in [1.29, 1.82) is 0 Å². The molecule has 28 heavy (non-hydrogen) atoms. The van der Waals surface area contributed by atoms with Gasteiger partial charge in [-0.1, -0.05) is 28.7 Å². The summed E-state index contributed by atoms with van der Waals surface area (Å²) < 4.78 is 7.86. The monoisotopic (exact) mass is 390 g/mol. The van der Waals surface area contributed by atoms with Gasteiger partial charge in [0.2, 0.25) is 0 Å². The molecule has 3 aromatic heterocycles. The molecular formula is C18H14N8OS. The first-order valence-electron chi connectivity index (χ1n) is 8.36. The highest BCUT2D eigenvalue weighted by Crippen LogP contribution is 2.32. The smallest absolute Gasteiger partial charge is 0.189 e. The zero-order valence-corrected chi connectivity index (χ0v) is 15.5. The molecule has 0 aliphatic carbocycles. The molecule has 5 aromatic rings. The Morgan fingerprint density at radius 3 is 2.89 bits per heavy atom. The predicted molar refractivity (Wildman–Crippen MR) is 108 cm³/mol. The van der Waals surface area contributed by atoms with Gasteiger partial charge in [0, 0.05) is 0 Å². The number of ether oxygens (including phenoxy) is 1. The minimum Gasteiger partial charge on any atom is -0.497 e. The van der Waals surface area contributed by atoms with Gasteiger partial charge in [-0.3, -0.25) is 0 Å². The van der Waals surface area contributed by atoms with Crippen molar-refractivity contribution in [1.82, 2.24) is 29.9 Å². The summed E-state index contributed by atoms with van der Waals surface area (Å²) in [6.07, 6.45) is 1.43. The lowest BCUT2D eigenvalue weighted by molar-refractivity contribution is 0.415. The molecule has 0 saturated heterocycles. The number of rotatable bonds is 4. The lowest BCUT2D eigenvalue weighted by Gasteiger charge is -2.09. The van der Waals surface area contributed by atoms with Gasteiger partial charge in [0.25, 0.3) is 0 Å². The number of methoxy groups -OCH3 is 1. The highest BCUT2D eigenvalue weighted by Gasteiger charge is 2.15. The molecule has 0 spiro atoms. The van der Waals surface area contributed by atoms with E-state index < -0.39 is 0 Å². The van der Waals surface area contributed by atoms with Crippen molar-refractivity contribution in [2.45, 2.75) is 0 Å². The van der Waals surface area contributed by atoms with Gasteiger partial charge in [0.05, 0.1) is 22.8 Å². The number of nitrogens with zero attached hydrogens (tertiary/aromatic N) is 6. The van der Waals surface area contributed by atoms with Gasteiger partial charge >= 0.3 is 0 Å². The summed E-state index contributed by atoms with van der Waals surface area (Å²) >= 11 is 1.48. The van der Waals surface area contributed by atoms with Crippen LogP contribution in [0.15, 0.2) is 48.8 Å². The van der Waals surface area contributed by atoms with Crippen molar-refractivity contribution >= 4 is 49.2 Å². The van der Waals surface area contributed by atoms with Crippen LogP contribution in [0.25, 0.3) is 27.1 Å². The lowest BCUT2D eigenvalue weighted by Crippen LogP contribution is -2.08. The molecule has 0 fully saturated rings. The third-order valence-electron chi connectivity index (χ3n) is 4.24. The van der Waals surface area contributed by atoms with E-state index in [4.69, 9.17) is 10.5 Å². The summed E-state index contributed by atoms with van der Waals surface area (Å²) in [5, 5.41) is 12.2. The summed E-state index contributed by atoms with van der Waals surface area (Å²) in [6, 6.07) is 13.3. The number of nitrogens with two attached hydrogens (primary N) is 1. The van der Waals surface area contributed by atoms with Crippen LogP contribution in [-0.4, -0.2) is 37.1 Å². The second-order valence-corrected chi connectivity index (χ2v) is 6.96. The standard InChI is InChI=1S/C18H14N8OS/c1-27-10-6-7-12-14(8-10)28-18(22-12)23-16-15(19)17(21-9-20-16)26-13-5-3-2-4-11(13)24-25-26/h2-9H,19H2,1H3,(H,20,21,22,23). The Morgan fingerprint density at radius 2 is 2.00 bits per heavy atom. The summed E-state index contributed by atoms with van der Waals surface area (Å²) in [5.41, 5.74) is 9.13. The zero-order chi connectivity index (χ0) is 19.1. The van der Waals surface area contributed by atoms with Gasteiger partial charge < -0.3 is 15.8 Å². The first-order chi connectivity index (χ1) is 13.7. The third kappa shape index (κ3) is 2.67. The third-order valence-corrected chi connectivity index (χ3v) is 5.17. The van der Waals surface area contributed by atoms with Crippen LogP contribution in [0.5, 0.6) is 5.75 Å². The summed E-state index contributed by atoms with van der Waals surface area (Å²) in [5.74, 6) is 1.69. The Bertz CT molecular complexity index is 1310. The summed E-state index contributed by atoms with van der Waals surface area (Å²) in [6.45, 7) is 0. The van der Waals surface area contributed by atoms with E-state index in [0.29, 0.717) is 22.5 Å². The zero-order valence-electron chi connectivity index (χ0n) is 14.7. The molecule has 5 rings (SSSR count). The number of fused-ring (bicyclic) bond motifs is 2. The van der Waals surface area contributed by atoms with E-state index in [2.05, 4.69) is 30.6 Å². The molecule has 0 amide bonds. The molecule has 3 N–H and O–H groups in total. The number of hydrogen-bond donors (Lipinski definition) is 2. The molecular weight excluding hydrogens is 376 g/mol. The number of nitrogen functional groups attached to an aromatic ring is 1. The first kappa shape index (κ1) is 16.4. The highest BCUT2D eigenvalue weighted by molar-refractivity contribution is 7.22. The molecule has 10 heteroatoms. The van der Waals surface area contributed by atoms with E-state index >= 15 is 0 Å². The van der Waals surface area contributed by atoms with E-state index in [1.165, 1.54) is 17.7 Å². The maximum Gasteiger partial charge on any atom is 0.189 e. The molecule has 0 atom stereocenters. The number of para-hydroxylation sites is 1. The fraction of sp³-hybridized carbons (Fsp3) is 0.0556. The predicted octanol–water partition coefficient (Wildman–Crippen LogP) is 3.15. The van der Waals surface area contributed by atoms with Crippen LogP contribution < -0.4 is 15.8 Å². The molecule has 0 unspecified atom stereocenters. The van der Waals surface area contributed by atoms with Gasteiger partial charge in [-0.25, -0.2) is 15.0 Å². The van der Waals surface area contributed by atoms with Crippen LogP contribution in [0, 0.1) is 0 Å². The minimum absolute atomic E-state index is 0.356. The second kappa shape index (κ2) is 6.43. The molecule has 138 valence electrons. The molecule has 0 radical (unpaired) electrons. The molecule has 9 nitrogen and oxygen atoms in total. The van der Waals surface area contributed by atoms with Crippen molar-refractivity contribution in [2.24, 2.45) is 0 Å². The first-order valence-corrected chi connectivity index (χ1v) is 9.17. The largest absolute Gasteiger partial charge is 0.497 e. The Balaban J connectivity index is 1.54. The second-order valence-electron chi connectivity index (χ2n) is 5.93.